The molecule has 0 saturated heterocycles. The van der Waals surface area contributed by atoms with Crippen molar-refractivity contribution in [3.63, 3.8) is 0 Å². The van der Waals surface area contributed by atoms with Crippen LogP contribution in [0.1, 0.15) is 0 Å². The van der Waals surface area contributed by atoms with Gasteiger partial charge in [0, 0.05) is 10.0 Å². The first-order valence-electron chi connectivity index (χ1n) is 6.76. The fourth-order valence-electron chi connectivity index (χ4n) is 2.21. The van der Waals surface area contributed by atoms with E-state index in [0.717, 1.165) is 14.7 Å². The Hall–Kier alpha value is -0.830. The zero-order valence-corrected chi connectivity index (χ0v) is 15.6. The molecule has 0 fully saturated rings. The third-order valence-corrected chi connectivity index (χ3v) is 6.86. The highest BCUT2D eigenvalue weighted by Crippen LogP contribution is 2.39. The van der Waals surface area contributed by atoms with Crippen LogP contribution in [0.15, 0.2) is 81.4 Å². The van der Waals surface area contributed by atoms with E-state index >= 15 is 0 Å². The van der Waals surface area contributed by atoms with Crippen LogP contribution in [0.3, 0.4) is 0 Å². The molecule has 0 unspecified atom stereocenters. The molecule has 0 aliphatic heterocycles. The highest BCUT2D eigenvalue weighted by Gasteiger charge is 2.33. The first-order chi connectivity index (χ1) is 11.1. The topological polar surface area (TPSA) is 0 Å². The summed E-state index contributed by atoms with van der Waals surface area (Å²) in [5.74, 6) is 0. The Labute approximate surface area is 158 Å². The molecule has 5 heteroatoms. The first-order valence-corrected chi connectivity index (χ1v) is 9.49. The minimum Gasteiger partial charge on any atom is -0.0843 e. The second kappa shape index (κ2) is 7.38. The molecule has 0 aliphatic carbocycles. The maximum Gasteiger partial charge on any atom is 0.185 e. The summed E-state index contributed by atoms with van der Waals surface area (Å²) in [6.07, 6.45) is 0. The van der Waals surface area contributed by atoms with Gasteiger partial charge in [-0.3, -0.25) is 0 Å². The van der Waals surface area contributed by atoms with Crippen molar-refractivity contribution in [2.45, 2.75) is 14.7 Å². The lowest BCUT2D eigenvalue weighted by Crippen LogP contribution is -2.06. The summed E-state index contributed by atoms with van der Waals surface area (Å²) in [5, 5.41) is 2.46. The Morgan fingerprint density at radius 1 is 0.565 bits per heavy atom. The van der Waals surface area contributed by atoms with E-state index in [-0.39, 0.29) is 0 Å². The van der Waals surface area contributed by atoms with Gasteiger partial charge in [-0.05, 0) is 48.5 Å². The molecule has 0 aliphatic rings. The summed E-state index contributed by atoms with van der Waals surface area (Å²) in [6, 6.07) is 21.2. The number of rotatable bonds is 3. The monoisotopic (exact) mass is 399 g/mol. The van der Waals surface area contributed by atoms with Gasteiger partial charge < -0.3 is 0 Å². The second-order valence-electron chi connectivity index (χ2n) is 4.77. The van der Waals surface area contributed by atoms with Crippen molar-refractivity contribution in [2.75, 3.05) is 0 Å². The van der Waals surface area contributed by atoms with Crippen molar-refractivity contribution in [3.05, 3.63) is 86.8 Å². The molecule has 0 saturated carbocycles. The van der Waals surface area contributed by atoms with E-state index in [1.54, 1.807) is 12.1 Å². The molecular weight excluding hydrogens is 390 g/mol. The van der Waals surface area contributed by atoms with Crippen molar-refractivity contribution in [3.8, 4) is 0 Å². The van der Waals surface area contributed by atoms with Crippen molar-refractivity contribution >= 4 is 57.3 Å². The molecule has 0 N–H and O–H groups in total. The van der Waals surface area contributed by atoms with E-state index in [0.29, 0.717) is 20.1 Å². The van der Waals surface area contributed by atoms with Gasteiger partial charge in [-0.25, -0.2) is 0 Å². The van der Waals surface area contributed by atoms with Gasteiger partial charge in [0.2, 0.25) is 0 Å². The van der Waals surface area contributed by atoms with E-state index in [1.165, 1.54) is 0 Å². The Balaban J connectivity index is 2.22. The molecule has 3 aromatic rings. The SMILES string of the molecule is Clc1ccc([S+](c2ccccc2)c2ccc(Cl)cc2Cl)c(Cl)c1. The zero-order valence-electron chi connectivity index (χ0n) is 11.8. The Bertz CT molecular complexity index is 782. The van der Waals surface area contributed by atoms with Gasteiger partial charge in [0.15, 0.2) is 14.7 Å². The minimum absolute atomic E-state index is 0.435. The predicted molar refractivity (Wildman–Crippen MR) is 102 cm³/mol. The summed E-state index contributed by atoms with van der Waals surface area (Å²) in [6.45, 7) is 0. The van der Waals surface area contributed by atoms with Crippen molar-refractivity contribution in [2.24, 2.45) is 0 Å². The fraction of sp³-hybridized carbons (Fsp3) is 0. The summed E-state index contributed by atoms with van der Waals surface area (Å²) in [7, 11) is -0.435. The van der Waals surface area contributed by atoms with Gasteiger partial charge >= 0.3 is 0 Å². The molecule has 0 atom stereocenters. The molecule has 0 aromatic heterocycles. The van der Waals surface area contributed by atoms with E-state index in [1.807, 2.05) is 42.5 Å². The highest BCUT2D eigenvalue weighted by molar-refractivity contribution is 7.97. The van der Waals surface area contributed by atoms with Gasteiger partial charge in [-0.2, -0.15) is 0 Å². The van der Waals surface area contributed by atoms with E-state index < -0.39 is 10.9 Å². The van der Waals surface area contributed by atoms with Crippen molar-refractivity contribution in [1.29, 1.82) is 0 Å². The third-order valence-electron chi connectivity index (χ3n) is 3.21. The number of halogens is 4. The van der Waals surface area contributed by atoms with Crippen molar-refractivity contribution < 1.29 is 0 Å². The molecule has 0 nitrogen and oxygen atoms in total. The molecule has 23 heavy (non-hydrogen) atoms. The fourth-order valence-corrected chi connectivity index (χ4v) is 5.58. The number of hydrogen-bond donors (Lipinski definition) is 0. The highest BCUT2D eigenvalue weighted by atomic mass is 35.5. The van der Waals surface area contributed by atoms with Gasteiger partial charge in [-0.1, -0.05) is 64.6 Å². The van der Waals surface area contributed by atoms with Gasteiger partial charge in [0.1, 0.15) is 10.9 Å². The van der Waals surface area contributed by atoms with Crippen molar-refractivity contribution in [1.82, 2.24) is 0 Å². The molecule has 0 amide bonds. The van der Waals surface area contributed by atoms with E-state index in [9.17, 15) is 0 Å². The summed E-state index contributed by atoms with van der Waals surface area (Å²) in [4.78, 5) is 3.08. The molecule has 116 valence electrons. The van der Waals surface area contributed by atoms with E-state index in [2.05, 4.69) is 12.1 Å². The summed E-state index contributed by atoms with van der Waals surface area (Å²) >= 11 is 25.0. The smallest absolute Gasteiger partial charge is 0.0843 e. The molecule has 3 rings (SSSR count). The van der Waals surface area contributed by atoms with Crippen LogP contribution in [0.2, 0.25) is 20.1 Å². The average Bonchev–Trinajstić information content (AvgIpc) is 2.52. The Kier molecular flexibility index (Phi) is 5.45. The third kappa shape index (κ3) is 3.81. The van der Waals surface area contributed by atoms with Crippen LogP contribution in [0.25, 0.3) is 0 Å². The van der Waals surface area contributed by atoms with Gasteiger partial charge in [0.05, 0.1) is 10.0 Å². The molecule has 0 radical (unpaired) electrons. The second-order valence-corrected chi connectivity index (χ2v) is 8.42. The molecule has 0 bridgehead atoms. The molecule has 0 heterocycles. The predicted octanol–water partition coefficient (Wildman–Crippen LogP) is 7.40. The lowest BCUT2D eigenvalue weighted by molar-refractivity contribution is 1.32. The van der Waals surface area contributed by atoms with Crippen LogP contribution in [0.5, 0.6) is 0 Å². The maximum absolute atomic E-state index is 6.46. The molecular formula is C18H11Cl4S+. The normalized spacial score (nSPS) is 11.0. The van der Waals surface area contributed by atoms with Gasteiger partial charge in [-0.15, -0.1) is 0 Å². The van der Waals surface area contributed by atoms with Gasteiger partial charge in [0.25, 0.3) is 0 Å². The minimum atomic E-state index is -0.435. The Morgan fingerprint density at radius 3 is 1.48 bits per heavy atom. The standard InChI is InChI=1S/C18H11Cl4S/c19-12-6-8-17(15(21)10-12)23(14-4-2-1-3-5-14)18-9-7-13(20)11-16(18)22/h1-11H/q+1. The lowest BCUT2D eigenvalue weighted by atomic mass is 10.3. The first kappa shape index (κ1) is 17.0. The zero-order chi connectivity index (χ0) is 16.4. The average molecular weight is 401 g/mol. The summed E-state index contributed by atoms with van der Waals surface area (Å²) < 4.78 is 0. The molecule has 0 spiro atoms. The van der Waals surface area contributed by atoms with Crippen LogP contribution < -0.4 is 0 Å². The van der Waals surface area contributed by atoms with Crippen LogP contribution in [0.4, 0.5) is 0 Å². The van der Waals surface area contributed by atoms with Crippen LogP contribution in [0, 0.1) is 0 Å². The van der Waals surface area contributed by atoms with Crippen LogP contribution in [-0.2, 0) is 10.9 Å². The quantitative estimate of drug-likeness (QED) is 0.402. The largest absolute Gasteiger partial charge is 0.185 e. The Morgan fingerprint density at radius 2 is 1.04 bits per heavy atom. The number of benzene rings is 3. The lowest BCUT2D eigenvalue weighted by Gasteiger charge is -2.11. The maximum atomic E-state index is 6.46. The van der Waals surface area contributed by atoms with Crippen LogP contribution >= 0.6 is 46.4 Å². The number of hydrogen-bond acceptors (Lipinski definition) is 0. The molecule has 3 aromatic carbocycles. The van der Waals surface area contributed by atoms with E-state index in [4.69, 9.17) is 46.4 Å². The van der Waals surface area contributed by atoms with Crippen LogP contribution in [-0.4, -0.2) is 0 Å². The summed E-state index contributed by atoms with van der Waals surface area (Å²) in [5.41, 5.74) is 0.